The molecule has 0 bridgehead atoms. The van der Waals surface area contributed by atoms with E-state index in [1.807, 2.05) is 6.92 Å². The number of morpholine rings is 1. The maximum absolute atomic E-state index is 11.5. The van der Waals surface area contributed by atoms with Crippen LogP contribution in [-0.4, -0.2) is 55.7 Å². The molecule has 5 nitrogen and oxygen atoms in total. The van der Waals surface area contributed by atoms with Gasteiger partial charge >= 0.3 is 0 Å². The minimum absolute atomic E-state index is 0. The van der Waals surface area contributed by atoms with Gasteiger partial charge in [-0.05, 0) is 13.8 Å². The van der Waals surface area contributed by atoms with Crippen LogP contribution in [0.3, 0.4) is 0 Å². The van der Waals surface area contributed by atoms with Gasteiger partial charge in [0.05, 0.1) is 13.2 Å². The van der Waals surface area contributed by atoms with E-state index in [2.05, 4.69) is 24.1 Å². The lowest BCUT2D eigenvalue weighted by atomic mass is 10.0. The molecule has 1 aliphatic heterocycles. The Morgan fingerprint density at radius 2 is 2.11 bits per heavy atom. The van der Waals surface area contributed by atoms with Crippen molar-refractivity contribution in [3.05, 3.63) is 0 Å². The highest BCUT2D eigenvalue weighted by Crippen LogP contribution is 2.17. The molecule has 1 atom stereocenters. The molecule has 0 aliphatic carbocycles. The number of carbonyl (C=O) groups excluding carboxylic acids is 1. The van der Waals surface area contributed by atoms with Crippen molar-refractivity contribution in [2.45, 2.75) is 26.3 Å². The summed E-state index contributed by atoms with van der Waals surface area (Å²) in [5.41, 5.74) is 5.50. The molecule has 0 spiro atoms. The third-order valence-electron chi connectivity index (χ3n) is 3.30. The number of hydrogen-bond donors (Lipinski definition) is 2. The van der Waals surface area contributed by atoms with Crippen LogP contribution in [-0.2, 0) is 9.53 Å². The van der Waals surface area contributed by atoms with E-state index < -0.39 is 0 Å². The Morgan fingerprint density at radius 1 is 1.47 bits per heavy atom. The van der Waals surface area contributed by atoms with Crippen LogP contribution < -0.4 is 11.1 Å². The molecule has 1 rings (SSSR count). The number of halogens is 2. The molecule has 1 amide bonds. The largest absolute Gasteiger partial charge is 0.378 e. The number of ether oxygens (including phenoxy) is 1. The van der Waals surface area contributed by atoms with Gasteiger partial charge in [-0.2, -0.15) is 0 Å². The maximum Gasteiger partial charge on any atom is 0.224 e. The van der Waals surface area contributed by atoms with Gasteiger partial charge < -0.3 is 15.8 Å². The zero-order valence-corrected chi connectivity index (χ0v) is 13.6. The van der Waals surface area contributed by atoms with Crippen LogP contribution in [0.2, 0.25) is 0 Å². The first-order valence-corrected chi connectivity index (χ1v) is 6.28. The lowest BCUT2D eigenvalue weighted by Crippen LogP contribution is -2.55. The zero-order chi connectivity index (χ0) is 12.9. The lowest BCUT2D eigenvalue weighted by molar-refractivity contribution is -0.124. The van der Waals surface area contributed by atoms with Gasteiger partial charge in [-0.3, -0.25) is 9.69 Å². The second kappa shape index (κ2) is 9.77. The molecule has 0 aromatic carbocycles. The van der Waals surface area contributed by atoms with Crippen molar-refractivity contribution >= 4 is 30.7 Å². The summed E-state index contributed by atoms with van der Waals surface area (Å²) in [5, 5.41) is 2.92. The van der Waals surface area contributed by atoms with Crippen LogP contribution in [0.4, 0.5) is 0 Å². The Kier molecular flexibility index (Phi) is 10.9. The average molecular weight is 316 g/mol. The number of nitrogens with two attached hydrogens (primary N) is 1. The highest BCUT2D eigenvalue weighted by atomic mass is 35.5. The Morgan fingerprint density at radius 3 is 2.63 bits per heavy atom. The molecule has 3 N–H and O–H groups in total. The third-order valence-corrected chi connectivity index (χ3v) is 3.30. The fourth-order valence-corrected chi connectivity index (χ4v) is 1.90. The molecule has 19 heavy (non-hydrogen) atoms. The van der Waals surface area contributed by atoms with Gasteiger partial charge in [-0.15, -0.1) is 24.8 Å². The molecular formula is C12H27Cl2N3O2. The van der Waals surface area contributed by atoms with Crippen LogP contribution in [0.1, 0.15) is 20.8 Å². The van der Waals surface area contributed by atoms with E-state index in [0.717, 1.165) is 26.3 Å². The molecule has 0 saturated carbocycles. The van der Waals surface area contributed by atoms with Crippen molar-refractivity contribution in [2.75, 3.05) is 39.4 Å². The predicted octanol–water partition coefficient (Wildman–Crippen LogP) is 0.652. The van der Waals surface area contributed by atoms with Gasteiger partial charge in [0.15, 0.2) is 0 Å². The molecule has 0 radical (unpaired) electrons. The number of nitrogens with one attached hydrogen (secondary N) is 1. The van der Waals surface area contributed by atoms with Gasteiger partial charge in [0, 0.05) is 37.6 Å². The zero-order valence-electron chi connectivity index (χ0n) is 12.0. The summed E-state index contributed by atoms with van der Waals surface area (Å²) in [6, 6.07) is 0. The summed E-state index contributed by atoms with van der Waals surface area (Å²) >= 11 is 0. The third kappa shape index (κ3) is 6.77. The lowest BCUT2D eigenvalue weighted by Gasteiger charge is -2.42. The Labute approximate surface area is 128 Å². The van der Waals surface area contributed by atoms with Gasteiger partial charge in [-0.1, -0.05) is 6.92 Å². The summed E-state index contributed by atoms with van der Waals surface area (Å²) in [6.45, 7) is 10.5. The number of rotatable bonds is 5. The van der Waals surface area contributed by atoms with Crippen LogP contribution >= 0.6 is 24.8 Å². The van der Waals surface area contributed by atoms with E-state index in [1.54, 1.807) is 0 Å². The molecular weight excluding hydrogens is 289 g/mol. The van der Waals surface area contributed by atoms with Crippen molar-refractivity contribution in [3.8, 4) is 0 Å². The Hall–Kier alpha value is -0.0700. The van der Waals surface area contributed by atoms with E-state index in [9.17, 15) is 4.79 Å². The quantitative estimate of drug-likeness (QED) is 0.782. The second-order valence-electron chi connectivity index (χ2n) is 5.28. The summed E-state index contributed by atoms with van der Waals surface area (Å²) in [4.78, 5) is 13.9. The second-order valence-corrected chi connectivity index (χ2v) is 5.28. The van der Waals surface area contributed by atoms with Crippen molar-refractivity contribution in [1.29, 1.82) is 0 Å². The summed E-state index contributed by atoms with van der Waals surface area (Å²) in [6.07, 6.45) is 0. The van der Waals surface area contributed by atoms with Gasteiger partial charge in [0.25, 0.3) is 0 Å². The molecule has 0 aromatic rings. The number of hydrogen-bond acceptors (Lipinski definition) is 4. The first kappa shape index (κ1) is 21.2. The van der Waals surface area contributed by atoms with Gasteiger partial charge in [-0.25, -0.2) is 0 Å². The molecule has 1 unspecified atom stereocenters. The first-order valence-electron chi connectivity index (χ1n) is 6.28. The van der Waals surface area contributed by atoms with Crippen molar-refractivity contribution in [2.24, 2.45) is 11.7 Å². The minimum atomic E-state index is -0.104. The predicted molar refractivity (Wildman–Crippen MR) is 82.2 cm³/mol. The van der Waals surface area contributed by atoms with Gasteiger partial charge in [0.1, 0.15) is 0 Å². The fraction of sp³-hybridized carbons (Fsp3) is 0.917. The minimum Gasteiger partial charge on any atom is -0.378 e. The van der Waals surface area contributed by atoms with Crippen molar-refractivity contribution in [1.82, 2.24) is 10.2 Å². The monoisotopic (exact) mass is 315 g/mol. The molecule has 7 heteroatoms. The van der Waals surface area contributed by atoms with E-state index in [0.29, 0.717) is 13.1 Å². The van der Waals surface area contributed by atoms with E-state index in [1.165, 1.54) is 0 Å². The molecule has 1 aliphatic rings. The van der Waals surface area contributed by atoms with Crippen LogP contribution in [0.5, 0.6) is 0 Å². The summed E-state index contributed by atoms with van der Waals surface area (Å²) < 4.78 is 5.45. The fourth-order valence-electron chi connectivity index (χ4n) is 1.90. The Balaban J connectivity index is 0. The first-order chi connectivity index (χ1) is 7.97. The van der Waals surface area contributed by atoms with Crippen LogP contribution in [0.25, 0.3) is 0 Å². The van der Waals surface area contributed by atoms with E-state index in [-0.39, 0.29) is 42.2 Å². The van der Waals surface area contributed by atoms with Crippen LogP contribution in [0.15, 0.2) is 0 Å². The van der Waals surface area contributed by atoms with Crippen molar-refractivity contribution < 1.29 is 9.53 Å². The van der Waals surface area contributed by atoms with Crippen molar-refractivity contribution in [3.63, 3.8) is 0 Å². The maximum atomic E-state index is 11.5. The standard InChI is InChI=1S/C12H25N3O2.2ClH/c1-10(8-13)11(16)14-4-5-15-6-7-17-9-12(15,2)3;;/h10H,4-9,13H2,1-3H3,(H,14,16);2*1H. The van der Waals surface area contributed by atoms with E-state index >= 15 is 0 Å². The van der Waals surface area contributed by atoms with Crippen LogP contribution in [0, 0.1) is 5.92 Å². The number of carbonyl (C=O) groups is 1. The Bertz CT molecular complexity index is 265. The smallest absolute Gasteiger partial charge is 0.224 e. The number of nitrogens with zero attached hydrogens (tertiary/aromatic N) is 1. The highest BCUT2D eigenvalue weighted by molar-refractivity contribution is 5.85. The molecule has 116 valence electrons. The van der Waals surface area contributed by atoms with E-state index in [4.69, 9.17) is 10.5 Å². The molecule has 1 saturated heterocycles. The molecule has 0 aromatic heterocycles. The topological polar surface area (TPSA) is 67.6 Å². The number of amides is 1. The molecule has 1 fully saturated rings. The van der Waals surface area contributed by atoms with Gasteiger partial charge in [0.2, 0.25) is 5.91 Å². The molecule has 1 heterocycles. The SMILES string of the molecule is CC(CN)C(=O)NCCN1CCOCC1(C)C.Cl.Cl. The normalized spacial score (nSPS) is 19.8. The average Bonchev–Trinajstić information content (AvgIpc) is 2.29. The highest BCUT2D eigenvalue weighted by Gasteiger charge is 2.29. The summed E-state index contributed by atoms with van der Waals surface area (Å²) in [5.74, 6) is -0.0636. The summed E-state index contributed by atoms with van der Waals surface area (Å²) in [7, 11) is 0.